The molecular formula is C23H21N5OS. The Labute approximate surface area is 179 Å². The number of benzene rings is 2. The molecule has 0 unspecified atom stereocenters. The lowest BCUT2D eigenvalue weighted by Gasteiger charge is -2.12. The van der Waals surface area contributed by atoms with E-state index in [1.807, 2.05) is 34.9 Å². The Balaban J connectivity index is 1.63. The summed E-state index contributed by atoms with van der Waals surface area (Å²) in [7, 11) is 0. The van der Waals surface area contributed by atoms with Crippen LogP contribution in [-0.4, -0.2) is 31.4 Å². The molecule has 0 fully saturated rings. The second-order valence-electron chi connectivity index (χ2n) is 6.85. The van der Waals surface area contributed by atoms with Gasteiger partial charge in [-0.3, -0.25) is 14.3 Å². The van der Waals surface area contributed by atoms with E-state index in [-0.39, 0.29) is 11.7 Å². The van der Waals surface area contributed by atoms with E-state index in [2.05, 4.69) is 52.5 Å². The van der Waals surface area contributed by atoms with Gasteiger partial charge in [-0.2, -0.15) is 0 Å². The van der Waals surface area contributed by atoms with Gasteiger partial charge in [0.25, 0.3) is 0 Å². The average Bonchev–Trinajstić information content (AvgIpc) is 3.19. The molecule has 0 bridgehead atoms. The zero-order valence-electron chi connectivity index (χ0n) is 16.7. The van der Waals surface area contributed by atoms with Crippen molar-refractivity contribution in [3.8, 4) is 17.1 Å². The Morgan fingerprint density at radius 1 is 1.00 bits per heavy atom. The molecule has 0 atom stereocenters. The fraction of sp³-hybridized carbons (Fsp3) is 0.130. The molecule has 4 rings (SSSR count). The Bertz CT molecular complexity index is 1160. The number of anilines is 1. The number of rotatable bonds is 6. The molecule has 0 saturated heterocycles. The van der Waals surface area contributed by atoms with E-state index in [1.54, 1.807) is 24.5 Å². The SMILES string of the molecule is Cc1ccc(-n2c(SCC(=O)Nc3cccnc3)nnc2-c2ccccc2)cc1C. The largest absolute Gasteiger partial charge is 0.324 e. The predicted molar refractivity (Wildman–Crippen MR) is 120 cm³/mol. The number of hydrogen-bond donors (Lipinski definition) is 1. The maximum Gasteiger partial charge on any atom is 0.234 e. The second kappa shape index (κ2) is 8.92. The van der Waals surface area contributed by atoms with Crippen molar-refractivity contribution in [3.63, 3.8) is 0 Å². The third kappa shape index (κ3) is 4.41. The quantitative estimate of drug-likeness (QED) is 0.463. The first kappa shape index (κ1) is 19.8. The minimum atomic E-state index is -0.121. The number of thioether (sulfide) groups is 1. The maximum atomic E-state index is 12.4. The number of carbonyl (C=O) groups is 1. The minimum Gasteiger partial charge on any atom is -0.324 e. The molecule has 2 aromatic heterocycles. The molecule has 1 amide bonds. The highest BCUT2D eigenvalue weighted by Gasteiger charge is 2.17. The molecule has 30 heavy (non-hydrogen) atoms. The topological polar surface area (TPSA) is 72.7 Å². The molecule has 0 saturated carbocycles. The van der Waals surface area contributed by atoms with Crippen LogP contribution in [0.15, 0.2) is 78.2 Å². The first-order valence-electron chi connectivity index (χ1n) is 9.53. The highest BCUT2D eigenvalue weighted by atomic mass is 32.2. The van der Waals surface area contributed by atoms with Gasteiger partial charge in [0.15, 0.2) is 11.0 Å². The molecule has 2 aromatic carbocycles. The number of nitrogens with zero attached hydrogens (tertiary/aromatic N) is 4. The molecule has 6 nitrogen and oxygen atoms in total. The molecule has 0 radical (unpaired) electrons. The van der Waals surface area contributed by atoms with Crippen LogP contribution in [0.25, 0.3) is 17.1 Å². The maximum absolute atomic E-state index is 12.4. The van der Waals surface area contributed by atoms with Crippen LogP contribution < -0.4 is 5.32 Å². The van der Waals surface area contributed by atoms with Crippen molar-refractivity contribution in [2.75, 3.05) is 11.1 Å². The molecule has 0 aliphatic heterocycles. The molecular weight excluding hydrogens is 394 g/mol. The fourth-order valence-corrected chi connectivity index (χ4v) is 3.75. The third-order valence-corrected chi connectivity index (χ3v) is 5.62. The summed E-state index contributed by atoms with van der Waals surface area (Å²) in [6, 6.07) is 19.8. The molecule has 2 heterocycles. The van der Waals surface area contributed by atoms with Crippen molar-refractivity contribution in [3.05, 3.63) is 84.2 Å². The summed E-state index contributed by atoms with van der Waals surface area (Å²) in [5.74, 6) is 0.838. The molecule has 0 spiro atoms. The van der Waals surface area contributed by atoms with Gasteiger partial charge in [-0.1, -0.05) is 48.2 Å². The number of nitrogens with one attached hydrogen (secondary N) is 1. The van der Waals surface area contributed by atoms with Gasteiger partial charge in [-0.25, -0.2) is 0 Å². The lowest BCUT2D eigenvalue weighted by atomic mass is 10.1. The van der Waals surface area contributed by atoms with Crippen LogP contribution in [0.5, 0.6) is 0 Å². The number of aryl methyl sites for hydroxylation is 2. The number of hydrogen-bond acceptors (Lipinski definition) is 5. The molecule has 4 aromatic rings. The minimum absolute atomic E-state index is 0.121. The van der Waals surface area contributed by atoms with E-state index >= 15 is 0 Å². The van der Waals surface area contributed by atoms with Crippen LogP contribution >= 0.6 is 11.8 Å². The Morgan fingerprint density at radius 2 is 1.83 bits per heavy atom. The van der Waals surface area contributed by atoms with E-state index < -0.39 is 0 Å². The summed E-state index contributed by atoms with van der Waals surface area (Å²) in [6.45, 7) is 4.17. The molecule has 0 aliphatic carbocycles. The van der Waals surface area contributed by atoms with Gasteiger partial charge in [0.05, 0.1) is 23.3 Å². The van der Waals surface area contributed by atoms with Gasteiger partial charge in [-0.15, -0.1) is 10.2 Å². The van der Waals surface area contributed by atoms with E-state index in [4.69, 9.17) is 0 Å². The summed E-state index contributed by atoms with van der Waals surface area (Å²) in [4.78, 5) is 16.4. The number of carbonyl (C=O) groups excluding carboxylic acids is 1. The van der Waals surface area contributed by atoms with E-state index in [9.17, 15) is 4.79 Å². The van der Waals surface area contributed by atoms with Gasteiger partial charge in [0, 0.05) is 11.8 Å². The summed E-state index contributed by atoms with van der Waals surface area (Å²) in [5.41, 5.74) is 5.01. The smallest absolute Gasteiger partial charge is 0.234 e. The lowest BCUT2D eigenvalue weighted by molar-refractivity contribution is -0.113. The van der Waals surface area contributed by atoms with Crippen molar-refractivity contribution in [1.29, 1.82) is 0 Å². The summed E-state index contributed by atoms with van der Waals surface area (Å²) < 4.78 is 2.00. The van der Waals surface area contributed by atoms with Crippen molar-refractivity contribution >= 4 is 23.4 Å². The van der Waals surface area contributed by atoms with Crippen molar-refractivity contribution in [2.45, 2.75) is 19.0 Å². The van der Waals surface area contributed by atoms with Gasteiger partial charge in [0.2, 0.25) is 5.91 Å². The highest BCUT2D eigenvalue weighted by molar-refractivity contribution is 7.99. The zero-order valence-corrected chi connectivity index (χ0v) is 17.6. The summed E-state index contributed by atoms with van der Waals surface area (Å²) in [6.07, 6.45) is 3.29. The predicted octanol–water partition coefficient (Wildman–Crippen LogP) is 4.68. The second-order valence-corrected chi connectivity index (χ2v) is 7.80. The van der Waals surface area contributed by atoms with Crippen molar-refractivity contribution in [1.82, 2.24) is 19.7 Å². The van der Waals surface area contributed by atoms with E-state index in [0.29, 0.717) is 10.8 Å². The van der Waals surface area contributed by atoms with Crippen LogP contribution in [0.4, 0.5) is 5.69 Å². The number of aromatic nitrogens is 4. The Kier molecular flexibility index (Phi) is 5.90. The van der Waals surface area contributed by atoms with Gasteiger partial charge >= 0.3 is 0 Å². The van der Waals surface area contributed by atoms with Crippen LogP contribution in [0.2, 0.25) is 0 Å². The Hall–Kier alpha value is -3.45. The summed E-state index contributed by atoms with van der Waals surface area (Å²) >= 11 is 1.35. The standard InChI is InChI=1S/C23H21N5OS/c1-16-10-11-20(13-17(16)2)28-22(18-7-4-3-5-8-18)26-27-23(28)30-15-21(29)25-19-9-6-12-24-14-19/h3-14H,15H2,1-2H3,(H,25,29). The number of pyridine rings is 1. The van der Waals surface area contributed by atoms with E-state index in [1.165, 1.54) is 22.9 Å². The van der Waals surface area contributed by atoms with Crippen LogP contribution in [0, 0.1) is 13.8 Å². The highest BCUT2D eigenvalue weighted by Crippen LogP contribution is 2.29. The van der Waals surface area contributed by atoms with Gasteiger partial charge < -0.3 is 5.32 Å². The van der Waals surface area contributed by atoms with Crippen LogP contribution in [-0.2, 0) is 4.79 Å². The van der Waals surface area contributed by atoms with Crippen molar-refractivity contribution < 1.29 is 4.79 Å². The summed E-state index contributed by atoms with van der Waals surface area (Å²) in [5, 5.41) is 12.3. The number of amides is 1. The molecule has 7 heteroatoms. The fourth-order valence-electron chi connectivity index (χ4n) is 3.00. The molecule has 1 N–H and O–H groups in total. The van der Waals surface area contributed by atoms with Gasteiger partial charge in [-0.05, 0) is 49.2 Å². The van der Waals surface area contributed by atoms with Crippen LogP contribution in [0.1, 0.15) is 11.1 Å². The van der Waals surface area contributed by atoms with Crippen LogP contribution in [0.3, 0.4) is 0 Å². The lowest BCUT2D eigenvalue weighted by Crippen LogP contribution is -2.14. The third-order valence-electron chi connectivity index (χ3n) is 4.69. The van der Waals surface area contributed by atoms with Crippen molar-refractivity contribution in [2.24, 2.45) is 0 Å². The molecule has 150 valence electrons. The zero-order chi connectivity index (χ0) is 20.9. The normalized spacial score (nSPS) is 10.7. The van der Waals surface area contributed by atoms with Gasteiger partial charge in [0.1, 0.15) is 0 Å². The monoisotopic (exact) mass is 415 g/mol. The molecule has 0 aliphatic rings. The Morgan fingerprint density at radius 3 is 2.57 bits per heavy atom. The first-order chi connectivity index (χ1) is 14.6. The average molecular weight is 416 g/mol. The first-order valence-corrected chi connectivity index (χ1v) is 10.5. The van der Waals surface area contributed by atoms with E-state index in [0.717, 1.165) is 17.1 Å².